The lowest BCUT2D eigenvalue weighted by atomic mass is 9.97. The van der Waals surface area contributed by atoms with Crippen LogP contribution in [-0.4, -0.2) is 41.2 Å². The largest absolute Gasteiger partial charge is 0.355 e. The summed E-state index contributed by atoms with van der Waals surface area (Å²) in [7, 11) is 0. The molecule has 0 radical (unpaired) electrons. The number of hydrogen-bond acceptors (Lipinski definition) is 5. The van der Waals surface area contributed by atoms with Gasteiger partial charge in [-0.25, -0.2) is 4.98 Å². The van der Waals surface area contributed by atoms with Gasteiger partial charge in [0.1, 0.15) is 0 Å². The number of aromatic nitrogens is 1. The summed E-state index contributed by atoms with van der Waals surface area (Å²) in [5.41, 5.74) is 2.16. The first-order chi connectivity index (χ1) is 14.6. The van der Waals surface area contributed by atoms with Gasteiger partial charge >= 0.3 is 0 Å². The number of piperidine rings is 1. The molecular weight excluding hydrogens is 457 g/mol. The van der Waals surface area contributed by atoms with E-state index in [0.717, 1.165) is 53.6 Å². The summed E-state index contributed by atoms with van der Waals surface area (Å²) in [6, 6.07) is 13.9. The zero-order valence-corrected chi connectivity index (χ0v) is 19.6. The molecule has 1 aromatic heterocycles. The summed E-state index contributed by atoms with van der Waals surface area (Å²) in [5.74, 6) is 0.943. The van der Waals surface area contributed by atoms with Crippen molar-refractivity contribution in [1.82, 2.24) is 15.2 Å². The van der Waals surface area contributed by atoms with E-state index in [-0.39, 0.29) is 5.91 Å². The van der Waals surface area contributed by atoms with Gasteiger partial charge in [0.25, 0.3) is 0 Å². The lowest BCUT2D eigenvalue weighted by Gasteiger charge is -2.33. The number of likely N-dealkylation sites (tertiary alicyclic amines) is 1. The number of carbonyl (C=O) groups excluding carboxylic acids is 1. The Morgan fingerprint density at radius 3 is 2.93 bits per heavy atom. The number of thiazole rings is 1. The van der Waals surface area contributed by atoms with Crippen molar-refractivity contribution in [3.8, 4) is 0 Å². The molecule has 3 aromatic rings. The molecule has 0 saturated carbocycles. The summed E-state index contributed by atoms with van der Waals surface area (Å²) in [6.07, 6.45) is 2.28. The zero-order valence-electron chi connectivity index (χ0n) is 16.4. The maximum atomic E-state index is 12.3. The topological polar surface area (TPSA) is 45.2 Å². The molecule has 30 heavy (non-hydrogen) atoms. The molecule has 1 amide bonds. The van der Waals surface area contributed by atoms with Crippen molar-refractivity contribution in [2.24, 2.45) is 5.92 Å². The van der Waals surface area contributed by atoms with E-state index in [0.29, 0.717) is 21.7 Å². The standard InChI is InChI=1S/C22H23Cl2N3OS2/c23-17-8-7-15(10-18(17)24)12-27-9-3-4-16(13-27)11-25-21(28)14-29-22-26-19-5-1-2-6-20(19)30-22/h1-2,5-8,10,16H,3-4,9,11-14H2,(H,25,28). The number of nitrogens with one attached hydrogen (secondary N) is 1. The highest BCUT2D eigenvalue weighted by molar-refractivity contribution is 8.01. The number of thioether (sulfide) groups is 1. The molecule has 1 aliphatic heterocycles. The van der Waals surface area contributed by atoms with Crippen LogP contribution in [0.1, 0.15) is 18.4 Å². The van der Waals surface area contributed by atoms with Crippen LogP contribution < -0.4 is 5.32 Å². The minimum atomic E-state index is 0.0702. The second-order valence-electron chi connectivity index (χ2n) is 7.53. The van der Waals surface area contributed by atoms with Gasteiger partial charge in [-0.05, 0) is 55.1 Å². The van der Waals surface area contributed by atoms with E-state index in [9.17, 15) is 4.79 Å². The van der Waals surface area contributed by atoms with Crippen LogP contribution in [0.5, 0.6) is 0 Å². The SMILES string of the molecule is O=C(CSc1nc2ccccc2s1)NCC1CCCN(Cc2ccc(Cl)c(Cl)c2)C1. The molecule has 1 saturated heterocycles. The summed E-state index contributed by atoms with van der Waals surface area (Å²) in [5, 5.41) is 4.29. The second kappa shape index (κ2) is 10.3. The Morgan fingerprint density at radius 2 is 2.10 bits per heavy atom. The van der Waals surface area contributed by atoms with Crippen molar-refractivity contribution in [3.63, 3.8) is 0 Å². The van der Waals surface area contributed by atoms with Gasteiger partial charge in [0.05, 0.1) is 26.0 Å². The molecule has 4 rings (SSSR count). The van der Waals surface area contributed by atoms with Gasteiger partial charge in [-0.15, -0.1) is 11.3 Å². The average Bonchev–Trinajstić information content (AvgIpc) is 3.17. The molecule has 0 spiro atoms. The van der Waals surface area contributed by atoms with E-state index in [2.05, 4.69) is 21.3 Å². The first-order valence-electron chi connectivity index (χ1n) is 9.98. The Bertz CT molecular complexity index is 994. The third kappa shape index (κ3) is 5.89. The van der Waals surface area contributed by atoms with Gasteiger partial charge in [0, 0.05) is 19.6 Å². The predicted octanol–water partition coefficient (Wildman–Crippen LogP) is 5.72. The summed E-state index contributed by atoms with van der Waals surface area (Å²) in [4.78, 5) is 19.3. The van der Waals surface area contributed by atoms with Crippen LogP contribution in [0, 0.1) is 5.92 Å². The maximum Gasteiger partial charge on any atom is 0.230 e. The number of rotatable bonds is 7. The van der Waals surface area contributed by atoms with Crippen LogP contribution in [0.4, 0.5) is 0 Å². The van der Waals surface area contributed by atoms with Crippen molar-refractivity contribution in [2.45, 2.75) is 23.7 Å². The van der Waals surface area contributed by atoms with Gasteiger partial charge in [0.2, 0.25) is 5.91 Å². The Kier molecular flexibility index (Phi) is 7.55. The second-order valence-corrected chi connectivity index (χ2v) is 10.6. The number of carbonyl (C=O) groups is 1. The van der Waals surface area contributed by atoms with E-state index >= 15 is 0 Å². The van der Waals surface area contributed by atoms with Crippen molar-refractivity contribution >= 4 is 62.4 Å². The quantitative estimate of drug-likeness (QED) is 0.439. The Labute approximate surface area is 195 Å². The number of amides is 1. The Balaban J connectivity index is 1.21. The fraction of sp³-hybridized carbons (Fsp3) is 0.364. The van der Waals surface area contributed by atoms with Crippen LogP contribution in [-0.2, 0) is 11.3 Å². The molecule has 1 atom stereocenters. The predicted molar refractivity (Wildman–Crippen MR) is 128 cm³/mol. The number of para-hydroxylation sites is 1. The summed E-state index contributed by atoms with van der Waals surface area (Å²) >= 11 is 15.3. The van der Waals surface area contributed by atoms with Gasteiger partial charge < -0.3 is 5.32 Å². The smallest absolute Gasteiger partial charge is 0.230 e. The molecule has 1 aliphatic rings. The molecule has 158 valence electrons. The van der Waals surface area contributed by atoms with E-state index in [4.69, 9.17) is 23.2 Å². The lowest BCUT2D eigenvalue weighted by Crippen LogP contribution is -2.40. The number of halogens is 2. The molecular formula is C22H23Cl2N3OS2. The van der Waals surface area contributed by atoms with Crippen molar-refractivity contribution in [1.29, 1.82) is 0 Å². The van der Waals surface area contributed by atoms with Crippen molar-refractivity contribution in [2.75, 3.05) is 25.4 Å². The van der Waals surface area contributed by atoms with Gasteiger partial charge in [-0.1, -0.05) is 53.2 Å². The fourth-order valence-corrected chi connectivity index (χ4v) is 5.93. The van der Waals surface area contributed by atoms with Crippen LogP contribution in [0.2, 0.25) is 10.0 Å². The molecule has 0 bridgehead atoms. The molecule has 1 fully saturated rings. The van der Waals surface area contributed by atoms with Crippen molar-refractivity contribution < 1.29 is 4.79 Å². The zero-order chi connectivity index (χ0) is 20.9. The molecule has 1 N–H and O–H groups in total. The first-order valence-corrected chi connectivity index (χ1v) is 12.5. The highest BCUT2D eigenvalue weighted by atomic mass is 35.5. The number of hydrogen-bond donors (Lipinski definition) is 1. The molecule has 1 unspecified atom stereocenters. The van der Waals surface area contributed by atoms with E-state index in [1.807, 2.05) is 36.4 Å². The van der Waals surface area contributed by atoms with E-state index in [1.54, 1.807) is 11.3 Å². The van der Waals surface area contributed by atoms with Crippen LogP contribution in [0.15, 0.2) is 46.8 Å². The minimum absolute atomic E-state index is 0.0702. The molecule has 2 aromatic carbocycles. The van der Waals surface area contributed by atoms with Crippen molar-refractivity contribution in [3.05, 3.63) is 58.1 Å². The van der Waals surface area contributed by atoms with E-state index < -0.39 is 0 Å². The number of nitrogens with zero attached hydrogens (tertiary/aromatic N) is 2. The van der Waals surface area contributed by atoms with E-state index in [1.165, 1.54) is 17.3 Å². The van der Waals surface area contributed by atoms with Crippen LogP contribution >= 0.6 is 46.3 Å². The third-order valence-corrected chi connectivity index (χ3v) is 8.10. The number of fused-ring (bicyclic) bond motifs is 1. The highest BCUT2D eigenvalue weighted by Crippen LogP contribution is 2.29. The van der Waals surface area contributed by atoms with Gasteiger partial charge in [-0.2, -0.15) is 0 Å². The molecule has 4 nitrogen and oxygen atoms in total. The third-order valence-electron chi connectivity index (χ3n) is 5.18. The molecule has 8 heteroatoms. The summed E-state index contributed by atoms with van der Waals surface area (Å²) < 4.78 is 2.10. The minimum Gasteiger partial charge on any atom is -0.355 e. The fourth-order valence-electron chi connectivity index (χ4n) is 3.71. The monoisotopic (exact) mass is 479 g/mol. The Hall–Kier alpha value is -1.31. The molecule has 0 aliphatic carbocycles. The van der Waals surface area contributed by atoms with Crippen LogP contribution in [0.25, 0.3) is 10.2 Å². The first kappa shape index (κ1) is 21.9. The van der Waals surface area contributed by atoms with Gasteiger partial charge in [-0.3, -0.25) is 9.69 Å². The maximum absolute atomic E-state index is 12.3. The average molecular weight is 480 g/mol. The lowest BCUT2D eigenvalue weighted by molar-refractivity contribution is -0.118. The molecule has 2 heterocycles. The van der Waals surface area contributed by atoms with Gasteiger partial charge in [0.15, 0.2) is 4.34 Å². The summed E-state index contributed by atoms with van der Waals surface area (Å²) in [6.45, 7) is 3.62. The normalized spacial score (nSPS) is 17.3. The highest BCUT2D eigenvalue weighted by Gasteiger charge is 2.21. The van der Waals surface area contributed by atoms with Crippen LogP contribution in [0.3, 0.4) is 0 Å². The Morgan fingerprint density at radius 1 is 1.23 bits per heavy atom. The number of benzene rings is 2.